The van der Waals surface area contributed by atoms with E-state index in [9.17, 15) is 9.59 Å². The predicted molar refractivity (Wildman–Crippen MR) is 140 cm³/mol. The van der Waals surface area contributed by atoms with Gasteiger partial charge in [-0.1, -0.05) is 75.3 Å². The highest BCUT2D eigenvalue weighted by Gasteiger charge is 2.48. The van der Waals surface area contributed by atoms with Crippen molar-refractivity contribution in [1.82, 2.24) is 10.3 Å². The van der Waals surface area contributed by atoms with Crippen molar-refractivity contribution in [3.63, 3.8) is 0 Å². The van der Waals surface area contributed by atoms with Gasteiger partial charge in [0.25, 0.3) is 5.91 Å². The predicted octanol–water partition coefficient (Wildman–Crippen LogP) is 5.90. The van der Waals surface area contributed by atoms with Gasteiger partial charge in [0, 0.05) is 13.0 Å². The number of fused-ring (bicyclic) bond motifs is 2. The highest BCUT2D eigenvalue weighted by atomic mass is 16.5. The number of aromatic nitrogens is 1. The monoisotopic (exact) mass is 506 g/mol. The minimum Gasteiger partial charge on any atom is -0.481 e. The van der Waals surface area contributed by atoms with E-state index in [1.807, 2.05) is 24.3 Å². The zero-order chi connectivity index (χ0) is 25.6. The van der Waals surface area contributed by atoms with Gasteiger partial charge in [0.2, 0.25) is 5.89 Å². The summed E-state index contributed by atoms with van der Waals surface area (Å²) in [5, 5.41) is 12.1. The molecule has 1 aliphatic carbocycles. The molecule has 1 aromatic heterocycles. The summed E-state index contributed by atoms with van der Waals surface area (Å²) in [5.74, 6) is 0.254. The topological polar surface area (TPSA) is 102 Å². The number of nitrogens with one attached hydrogen (secondary N) is 1. The molecule has 7 nitrogen and oxygen atoms in total. The third-order valence-corrected chi connectivity index (χ3v) is 8.21. The van der Waals surface area contributed by atoms with E-state index >= 15 is 0 Å². The minimum absolute atomic E-state index is 0.00382. The lowest BCUT2D eigenvalue weighted by molar-refractivity contribution is -0.136. The number of carboxylic acid groups (broad SMARTS) is 1. The van der Waals surface area contributed by atoms with Crippen LogP contribution in [0.5, 0.6) is 0 Å². The van der Waals surface area contributed by atoms with Gasteiger partial charge in [-0.05, 0) is 48.3 Å². The maximum Gasteiger partial charge on any atom is 0.303 e. The zero-order valence-corrected chi connectivity index (χ0v) is 21.5. The van der Waals surface area contributed by atoms with Gasteiger partial charge in [0.15, 0.2) is 5.69 Å². The number of hydrogen-bond acceptors (Lipinski definition) is 5. The summed E-state index contributed by atoms with van der Waals surface area (Å²) in [6.45, 7) is 0.656. The molecule has 2 N–H and O–H groups in total. The minimum atomic E-state index is -0.807. The van der Waals surface area contributed by atoms with Gasteiger partial charge in [-0.3, -0.25) is 9.59 Å². The van der Waals surface area contributed by atoms with E-state index in [4.69, 9.17) is 14.3 Å². The first-order valence-corrected chi connectivity index (χ1v) is 14.0. The van der Waals surface area contributed by atoms with Crippen LogP contribution in [0.15, 0.2) is 40.5 Å². The molecule has 2 saturated heterocycles. The summed E-state index contributed by atoms with van der Waals surface area (Å²) < 4.78 is 12.0. The fraction of sp³-hybridized carbons (Fsp3) is 0.567. The van der Waals surface area contributed by atoms with Crippen LogP contribution in [0, 0.1) is 5.92 Å². The highest BCUT2D eigenvalue weighted by Crippen LogP contribution is 2.49. The normalized spacial score (nSPS) is 24.5. The quantitative estimate of drug-likeness (QED) is 0.368. The van der Waals surface area contributed by atoms with E-state index in [0.717, 1.165) is 48.3 Å². The molecule has 198 valence electrons. The number of hydrogen-bond donors (Lipinski definition) is 2. The molecule has 1 saturated carbocycles. The summed E-state index contributed by atoms with van der Waals surface area (Å²) in [5.41, 5.74) is 3.40. The Balaban J connectivity index is 1.21. The zero-order valence-electron chi connectivity index (χ0n) is 21.5. The standard InChI is InChI=1S/C30H38N2O5/c33-27(34)16-13-21-11-4-5-12-22(21)18-23-25-14-15-26(37-25)28(23)30-32-24(19-36-30)29(35)31-17-7-6-10-20-8-2-1-3-9-20/h4-5,11-12,18-20,25-26,28H,1-3,6-10,13-17H2,(H,31,35)(H,33,34)/b23-18+. The number of nitrogens with zero attached hydrogens (tertiary/aromatic N) is 1. The number of carbonyl (C=O) groups excluding carboxylic acids is 1. The number of rotatable bonds is 11. The van der Waals surface area contributed by atoms with Crippen LogP contribution in [-0.4, -0.2) is 40.7 Å². The molecule has 0 radical (unpaired) electrons. The van der Waals surface area contributed by atoms with Crippen molar-refractivity contribution in [2.45, 2.75) is 95.2 Å². The van der Waals surface area contributed by atoms with Gasteiger partial charge in [-0.2, -0.15) is 0 Å². The first kappa shape index (κ1) is 25.7. The van der Waals surface area contributed by atoms with Gasteiger partial charge in [0.1, 0.15) is 6.26 Å². The lowest BCUT2D eigenvalue weighted by Crippen LogP contribution is -2.25. The highest BCUT2D eigenvalue weighted by molar-refractivity contribution is 5.91. The Morgan fingerprint density at radius 2 is 1.92 bits per heavy atom. The van der Waals surface area contributed by atoms with Crippen molar-refractivity contribution in [1.29, 1.82) is 0 Å². The molecule has 3 atom stereocenters. The largest absolute Gasteiger partial charge is 0.481 e. The lowest BCUT2D eigenvalue weighted by atomic mass is 9.82. The van der Waals surface area contributed by atoms with Crippen LogP contribution in [0.25, 0.3) is 6.08 Å². The number of carbonyl (C=O) groups is 2. The van der Waals surface area contributed by atoms with E-state index in [2.05, 4.69) is 16.4 Å². The molecule has 37 heavy (non-hydrogen) atoms. The van der Waals surface area contributed by atoms with Crippen molar-refractivity contribution < 1.29 is 23.8 Å². The van der Waals surface area contributed by atoms with Crippen LogP contribution >= 0.6 is 0 Å². The molecule has 0 spiro atoms. The van der Waals surface area contributed by atoms with E-state index < -0.39 is 5.97 Å². The van der Waals surface area contributed by atoms with Crippen LogP contribution in [0.3, 0.4) is 0 Å². The van der Waals surface area contributed by atoms with Crippen LogP contribution in [0.1, 0.15) is 104 Å². The molecule has 2 aliphatic heterocycles. The Morgan fingerprint density at radius 1 is 1.08 bits per heavy atom. The summed E-state index contributed by atoms with van der Waals surface area (Å²) in [7, 11) is 0. The molecule has 3 heterocycles. The number of benzene rings is 1. The maximum atomic E-state index is 12.7. The molecule has 2 bridgehead atoms. The molecule has 3 aliphatic rings. The van der Waals surface area contributed by atoms with E-state index in [1.165, 1.54) is 44.8 Å². The first-order chi connectivity index (χ1) is 18.1. The third kappa shape index (κ3) is 6.32. The number of aliphatic carboxylic acids is 1. The number of oxazole rings is 1. The Morgan fingerprint density at radius 3 is 2.76 bits per heavy atom. The van der Waals surface area contributed by atoms with Gasteiger partial charge in [0.05, 0.1) is 18.1 Å². The van der Waals surface area contributed by atoms with Crippen LogP contribution in [-0.2, 0) is 16.0 Å². The van der Waals surface area contributed by atoms with Gasteiger partial charge >= 0.3 is 5.97 Å². The summed E-state index contributed by atoms with van der Waals surface area (Å²) in [6.07, 6.45) is 16.3. The van der Waals surface area contributed by atoms with Crippen molar-refractivity contribution in [3.8, 4) is 0 Å². The SMILES string of the molecule is O=C(O)CCc1ccccc1/C=C1\C2CCC(O2)C1c1nc(C(=O)NCCCCC2CCCCC2)co1. The summed E-state index contributed by atoms with van der Waals surface area (Å²) in [4.78, 5) is 28.4. The Bertz CT molecular complexity index is 1120. The molecule has 1 aromatic carbocycles. The second-order valence-electron chi connectivity index (χ2n) is 10.8. The average molecular weight is 507 g/mol. The fourth-order valence-electron chi connectivity index (χ4n) is 6.24. The molecule has 1 amide bonds. The molecular formula is C30H38N2O5. The Labute approximate surface area is 218 Å². The first-order valence-electron chi connectivity index (χ1n) is 14.0. The molecule has 2 aromatic rings. The van der Waals surface area contributed by atoms with Gasteiger partial charge < -0.3 is 19.6 Å². The number of unbranched alkanes of at least 4 members (excludes halogenated alkanes) is 1. The van der Waals surface area contributed by atoms with Crippen LogP contribution < -0.4 is 5.32 Å². The van der Waals surface area contributed by atoms with Crippen LogP contribution in [0.2, 0.25) is 0 Å². The average Bonchev–Trinajstić information content (AvgIpc) is 3.65. The second kappa shape index (κ2) is 12.1. The van der Waals surface area contributed by atoms with E-state index in [0.29, 0.717) is 24.6 Å². The third-order valence-electron chi connectivity index (χ3n) is 8.21. The molecular weight excluding hydrogens is 468 g/mol. The van der Waals surface area contributed by atoms with E-state index in [1.54, 1.807) is 0 Å². The number of carboxylic acids is 1. The molecule has 5 rings (SSSR count). The number of amides is 1. The Hall–Kier alpha value is -2.93. The lowest BCUT2D eigenvalue weighted by Gasteiger charge is -2.21. The van der Waals surface area contributed by atoms with Crippen LogP contribution in [0.4, 0.5) is 0 Å². The van der Waals surface area contributed by atoms with Gasteiger partial charge in [-0.25, -0.2) is 4.98 Å². The fourth-order valence-corrected chi connectivity index (χ4v) is 6.24. The number of ether oxygens (including phenoxy) is 1. The maximum absolute atomic E-state index is 12.7. The van der Waals surface area contributed by atoms with Crippen molar-refractivity contribution >= 4 is 18.0 Å². The smallest absolute Gasteiger partial charge is 0.303 e. The molecule has 3 unspecified atom stereocenters. The summed E-state index contributed by atoms with van der Waals surface area (Å²) >= 11 is 0. The summed E-state index contributed by atoms with van der Waals surface area (Å²) in [6, 6.07) is 7.88. The van der Waals surface area contributed by atoms with Crippen molar-refractivity contribution in [2.24, 2.45) is 5.92 Å². The van der Waals surface area contributed by atoms with Crippen molar-refractivity contribution in [2.75, 3.05) is 6.54 Å². The molecule has 7 heteroatoms. The number of aryl methyl sites for hydroxylation is 1. The Kier molecular flexibility index (Phi) is 8.39. The van der Waals surface area contributed by atoms with E-state index in [-0.39, 0.29) is 30.5 Å². The second-order valence-corrected chi connectivity index (χ2v) is 10.8. The van der Waals surface area contributed by atoms with Crippen molar-refractivity contribution in [3.05, 3.63) is 58.8 Å². The van der Waals surface area contributed by atoms with Gasteiger partial charge in [-0.15, -0.1) is 0 Å². The molecule has 3 fully saturated rings.